The molecule has 0 saturated heterocycles. The summed E-state index contributed by atoms with van der Waals surface area (Å²) in [6.45, 7) is 8.06. The van der Waals surface area contributed by atoms with Crippen LogP contribution in [0.4, 0.5) is 0 Å². The fraction of sp³-hybridized carbons (Fsp3) is 0.333. The molecule has 0 spiro atoms. The maximum absolute atomic E-state index is 12.0. The lowest BCUT2D eigenvalue weighted by Gasteiger charge is -2.05. The number of oxazole rings is 1. The molecule has 1 aromatic heterocycles. The number of rotatable bonds is 3. The summed E-state index contributed by atoms with van der Waals surface area (Å²) >= 11 is 0. The third-order valence-corrected chi connectivity index (χ3v) is 3.24. The number of aryl methyl sites for hydroxylation is 4. The Hall–Kier alpha value is -2.10. The number of aromatic nitrogens is 1. The molecule has 1 aromatic carbocycles. The Balaban J connectivity index is 2.03. The molecule has 2 rings (SSSR count). The molecule has 0 aliphatic carbocycles. The highest BCUT2D eigenvalue weighted by Gasteiger charge is 2.09. The summed E-state index contributed by atoms with van der Waals surface area (Å²) in [5, 5.41) is 2.81. The SMILES string of the molecule is Cc1ccc(C(=O)NCc2nc(C)c(C)o2)cc1C. The van der Waals surface area contributed by atoms with Crippen molar-refractivity contribution in [2.24, 2.45) is 0 Å². The molecule has 4 heteroatoms. The van der Waals surface area contributed by atoms with E-state index in [2.05, 4.69) is 10.3 Å². The summed E-state index contributed by atoms with van der Waals surface area (Å²) in [7, 11) is 0. The Morgan fingerprint density at radius 2 is 1.95 bits per heavy atom. The molecule has 0 radical (unpaired) electrons. The van der Waals surface area contributed by atoms with Gasteiger partial charge in [0.05, 0.1) is 12.2 Å². The highest BCUT2D eigenvalue weighted by atomic mass is 16.4. The highest BCUT2D eigenvalue weighted by molar-refractivity contribution is 5.94. The van der Waals surface area contributed by atoms with Crippen molar-refractivity contribution >= 4 is 5.91 Å². The number of nitrogens with zero attached hydrogens (tertiary/aromatic N) is 1. The summed E-state index contributed by atoms with van der Waals surface area (Å²) < 4.78 is 5.42. The van der Waals surface area contributed by atoms with Crippen LogP contribution in [0.5, 0.6) is 0 Å². The first kappa shape index (κ1) is 13.3. The topological polar surface area (TPSA) is 55.1 Å². The second-order valence-corrected chi connectivity index (χ2v) is 4.73. The van der Waals surface area contributed by atoms with E-state index in [9.17, 15) is 4.79 Å². The van der Waals surface area contributed by atoms with Crippen molar-refractivity contribution in [3.63, 3.8) is 0 Å². The van der Waals surface area contributed by atoms with E-state index in [1.165, 1.54) is 5.56 Å². The smallest absolute Gasteiger partial charge is 0.251 e. The van der Waals surface area contributed by atoms with Gasteiger partial charge in [0.2, 0.25) is 5.89 Å². The first-order valence-corrected chi connectivity index (χ1v) is 6.25. The van der Waals surface area contributed by atoms with Crippen LogP contribution in [-0.2, 0) is 6.54 Å². The van der Waals surface area contributed by atoms with Crippen molar-refractivity contribution in [3.8, 4) is 0 Å². The van der Waals surface area contributed by atoms with Crippen LogP contribution in [0.3, 0.4) is 0 Å². The molecule has 0 aliphatic heterocycles. The van der Waals surface area contributed by atoms with Crippen LogP contribution < -0.4 is 5.32 Å². The van der Waals surface area contributed by atoms with Gasteiger partial charge in [0.1, 0.15) is 5.76 Å². The van der Waals surface area contributed by atoms with Crippen LogP contribution in [-0.4, -0.2) is 10.9 Å². The lowest BCUT2D eigenvalue weighted by molar-refractivity contribution is 0.0947. The van der Waals surface area contributed by atoms with E-state index in [1.54, 1.807) is 0 Å². The zero-order chi connectivity index (χ0) is 14.0. The van der Waals surface area contributed by atoms with E-state index >= 15 is 0 Å². The lowest BCUT2D eigenvalue weighted by atomic mass is 10.1. The maximum atomic E-state index is 12.0. The molecule has 4 nitrogen and oxygen atoms in total. The molecule has 0 aliphatic rings. The van der Waals surface area contributed by atoms with E-state index < -0.39 is 0 Å². The van der Waals surface area contributed by atoms with Crippen LogP contribution in [0, 0.1) is 27.7 Å². The van der Waals surface area contributed by atoms with E-state index in [-0.39, 0.29) is 5.91 Å². The molecule has 0 saturated carbocycles. The van der Waals surface area contributed by atoms with Crippen LogP contribution in [0.25, 0.3) is 0 Å². The summed E-state index contributed by atoms with van der Waals surface area (Å²) in [6, 6.07) is 5.66. The standard InChI is InChI=1S/C15H18N2O2/c1-9-5-6-13(7-10(9)2)15(18)16-8-14-17-11(3)12(4)19-14/h5-7H,8H2,1-4H3,(H,16,18). The van der Waals surface area contributed by atoms with Gasteiger partial charge >= 0.3 is 0 Å². The van der Waals surface area contributed by atoms with Crippen molar-refractivity contribution in [1.29, 1.82) is 0 Å². The molecule has 19 heavy (non-hydrogen) atoms. The number of amides is 1. The van der Waals surface area contributed by atoms with Gasteiger partial charge in [-0.15, -0.1) is 0 Å². The van der Waals surface area contributed by atoms with Gasteiger partial charge in [-0.1, -0.05) is 6.07 Å². The highest BCUT2D eigenvalue weighted by Crippen LogP contribution is 2.11. The molecular formula is C15H18N2O2. The van der Waals surface area contributed by atoms with E-state index in [0.717, 1.165) is 17.0 Å². The number of carbonyl (C=O) groups excluding carboxylic acids is 1. The Bertz CT molecular complexity index is 595. The number of carbonyl (C=O) groups is 1. The van der Waals surface area contributed by atoms with Gasteiger partial charge in [-0.25, -0.2) is 4.98 Å². The van der Waals surface area contributed by atoms with Crippen LogP contribution in [0.1, 0.15) is 38.8 Å². The fourth-order valence-corrected chi connectivity index (χ4v) is 1.76. The number of nitrogens with one attached hydrogen (secondary N) is 1. The number of benzene rings is 1. The fourth-order valence-electron chi connectivity index (χ4n) is 1.76. The quantitative estimate of drug-likeness (QED) is 0.921. The van der Waals surface area contributed by atoms with Gasteiger partial charge in [0.25, 0.3) is 5.91 Å². The molecule has 2 aromatic rings. The zero-order valence-electron chi connectivity index (χ0n) is 11.7. The van der Waals surface area contributed by atoms with Crippen molar-refractivity contribution in [1.82, 2.24) is 10.3 Å². The minimum absolute atomic E-state index is 0.114. The predicted molar refractivity (Wildman–Crippen MR) is 73.1 cm³/mol. The molecular weight excluding hydrogens is 240 g/mol. The minimum Gasteiger partial charge on any atom is -0.444 e. The average Bonchev–Trinajstić information content (AvgIpc) is 2.69. The van der Waals surface area contributed by atoms with Crippen LogP contribution in [0.15, 0.2) is 22.6 Å². The molecule has 1 amide bonds. The summed E-state index contributed by atoms with van der Waals surface area (Å²) in [6.07, 6.45) is 0. The second kappa shape index (κ2) is 5.26. The number of hydrogen-bond donors (Lipinski definition) is 1. The zero-order valence-corrected chi connectivity index (χ0v) is 11.7. The normalized spacial score (nSPS) is 10.5. The molecule has 0 bridgehead atoms. The third-order valence-electron chi connectivity index (χ3n) is 3.24. The Morgan fingerprint density at radius 3 is 2.53 bits per heavy atom. The van der Waals surface area contributed by atoms with Crippen molar-refractivity contribution < 1.29 is 9.21 Å². The van der Waals surface area contributed by atoms with Crippen molar-refractivity contribution in [2.45, 2.75) is 34.2 Å². The van der Waals surface area contributed by atoms with Gasteiger partial charge in [0, 0.05) is 5.56 Å². The van der Waals surface area contributed by atoms with Gasteiger partial charge in [-0.3, -0.25) is 4.79 Å². The van der Waals surface area contributed by atoms with Gasteiger partial charge < -0.3 is 9.73 Å². The summed E-state index contributed by atoms with van der Waals surface area (Å²) in [5.74, 6) is 1.21. The third kappa shape index (κ3) is 3.02. The second-order valence-electron chi connectivity index (χ2n) is 4.73. The summed E-state index contributed by atoms with van der Waals surface area (Å²) in [5.41, 5.74) is 3.80. The average molecular weight is 258 g/mol. The van der Waals surface area contributed by atoms with Crippen molar-refractivity contribution in [2.75, 3.05) is 0 Å². The Kier molecular flexibility index (Phi) is 3.69. The lowest BCUT2D eigenvalue weighted by Crippen LogP contribution is -2.23. The van der Waals surface area contributed by atoms with E-state index in [1.807, 2.05) is 45.9 Å². The first-order valence-electron chi connectivity index (χ1n) is 6.25. The van der Waals surface area contributed by atoms with E-state index in [0.29, 0.717) is 18.0 Å². The van der Waals surface area contributed by atoms with Gasteiger partial charge in [0.15, 0.2) is 0 Å². The van der Waals surface area contributed by atoms with Gasteiger partial charge in [-0.2, -0.15) is 0 Å². The molecule has 0 fully saturated rings. The molecule has 0 atom stereocenters. The monoisotopic (exact) mass is 258 g/mol. The first-order chi connectivity index (χ1) is 8.97. The molecule has 1 N–H and O–H groups in total. The Labute approximate surface area is 112 Å². The largest absolute Gasteiger partial charge is 0.444 e. The Morgan fingerprint density at radius 1 is 1.21 bits per heavy atom. The molecule has 1 heterocycles. The maximum Gasteiger partial charge on any atom is 0.251 e. The van der Waals surface area contributed by atoms with Gasteiger partial charge in [-0.05, 0) is 51.0 Å². The predicted octanol–water partition coefficient (Wildman–Crippen LogP) is 2.84. The molecule has 0 unspecified atom stereocenters. The van der Waals surface area contributed by atoms with E-state index in [4.69, 9.17) is 4.42 Å². The molecule has 100 valence electrons. The van der Waals surface area contributed by atoms with Crippen LogP contribution in [0.2, 0.25) is 0 Å². The van der Waals surface area contributed by atoms with Crippen molar-refractivity contribution in [3.05, 3.63) is 52.2 Å². The van der Waals surface area contributed by atoms with Crippen LogP contribution >= 0.6 is 0 Å². The summed E-state index contributed by atoms with van der Waals surface area (Å²) in [4.78, 5) is 16.2. The minimum atomic E-state index is -0.114. The number of hydrogen-bond acceptors (Lipinski definition) is 3.